The van der Waals surface area contributed by atoms with Crippen LogP contribution < -0.4 is 10.1 Å². The average Bonchev–Trinajstić information content (AvgIpc) is 3.21. The van der Waals surface area contributed by atoms with Crippen molar-refractivity contribution in [2.45, 2.75) is 31.7 Å². The number of ether oxygens (including phenoxy) is 1. The summed E-state index contributed by atoms with van der Waals surface area (Å²) in [5, 5.41) is 11.8. The lowest BCUT2D eigenvalue weighted by atomic mass is 10.0. The molecule has 3 heterocycles. The molecule has 1 aromatic heterocycles. The molecule has 0 spiro atoms. The molecule has 2 aliphatic heterocycles. The average molecular weight is 396 g/mol. The molecule has 1 saturated heterocycles. The van der Waals surface area contributed by atoms with Crippen molar-refractivity contribution in [2.24, 2.45) is 0 Å². The highest BCUT2D eigenvalue weighted by molar-refractivity contribution is 6.00. The number of hydrogen-bond acceptors (Lipinski definition) is 6. The minimum absolute atomic E-state index is 0.0179. The van der Waals surface area contributed by atoms with Crippen LogP contribution in [-0.2, 0) is 11.2 Å². The summed E-state index contributed by atoms with van der Waals surface area (Å²) in [6.45, 7) is 1.07. The van der Waals surface area contributed by atoms with Gasteiger partial charge in [0.2, 0.25) is 5.91 Å². The number of carboxylic acid groups (broad SMARTS) is 1. The van der Waals surface area contributed by atoms with Crippen molar-refractivity contribution in [3.63, 3.8) is 0 Å². The van der Waals surface area contributed by atoms with Gasteiger partial charge in [0.25, 0.3) is 5.91 Å². The smallest absolute Gasteiger partial charge is 0.356 e. The number of hydrogen-bond donors (Lipinski definition) is 2. The van der Waals surface area contributed by atoms with E-state index in [1.54, 1.807) is 6.07 Å². The number of carbonyl (C=O) groups excluding carboxylic acids is 2. The topological polar surface area (TPSA) is 122 Å². The second kappa shape index (κ2) is 7.86. The first kappa shape index (κ1) is 18.9. The number of carboxylic acids is 1. The number of nitrogens with zero attached hydrogens (tertiary/aromatic N) is 3. The molecule has 0 aliphatic carbocycles. The second-order valence-corrected chi connectivity index (χ2v) is 7.01. The molecule has 0 radical (unpaired) electrons. The number of benzene rings is 1. The summed E-state index contributed by atoms with van der Waals surface area (Å²) in [5.74, 6) is -1.07. The lowest BCUT2D eigenvalue weighted by molar-refractivity contribution is -0.121. The molecule has 2 amide bonds. The SMILES string of the molecule is O=C(O)c1cnc(C(=O)N2CCCCC2C(=O)Nc2ccc3c(c2)CCO3)cn1. The highest BCUT2D eigenvalue weighted by atomic mass is 16.5. The molecule has 0 saturated carbocycles. The van der Waals surface area contributed by atoms with Gasteiger partial charge in [-0.05, 0) is 43.0 Å². The zero-order valence-corrected chi connectivity index (χ0v) is 15.6. The molecule has 2 aliphatic rings. The van der Waals surface area contributed by atoms with Crippen molar-refractivity contribution >= 4 is 23.5 Å². The number of anilines is 1. The molecule has 9 heteroatoms. The van der Waals surface area contributed by atoms with E-state index in [1.165, 1.54) is 4.90 Å². The van der Waals surface area contributed by atoms with Crippen LogP contribution in [-0.4, -0.2) is 57.0 Å². The number of amides is 2. The Balaban J connectivity index is 1.49. The van der Waals surface area contributed by atoms with E-state index >= 15 is 0 Å². The summed E-state index contributed by atoms with van der Waals surface area (Å²) in [4.78, 5) is 45.8. The predicted molar refractivity (Wildman–Crippen MR) is 102 cm³/mol. The number of aromatic carboxylic acids is 1. The molecule has 2 N–H and O–H groups in total. The van der Waals surface area contributed by atoms with Crippen molar-refractivity contribution in [3.05, 3.63) is 47.5 Å². The highest BCUT2D eigenvalue weighted by Gasteiger charge is 2.33. The van der Waals surface area contributed by atoms with Crippen LogP contribution in [0.2, 0.25) is 0 Å². The molecule has 4 rings (SSSR count). The number of aromatic nitrogens is 2. The Labute approximate surface area is 166 Å². The van der Waals surface area contributed by atoms with Crippen LogP contribution in [0.1, 0.15) is 45.8 Å². The zero-order valence-electron chi connectivity index (χ0n) is 15.6. The maximum atomic E-state index is 12.9. The lowest BCUT2D eigenvalue weighted by Gasteiger charge is -2.34. The van der Waals surface area contributed by atoms with Crippen LogP contribution in [0.5, 0.6) is 5.75 Å². The van der Waals surface area contributed by atoms with Gasteiger partial charge in [-0.25, -0.2) is 14.8 Å². The van der Waals surface area contributed by atoms with Gasteiger partial charge in [-0.2, -0.15) is 0 Å². The standard InChI is InChI=1S/C20H20N4O5/c25-18(23-13-4-5-17-12(9-13)6-8-29-17)16-3-1-2-7-24(16)19(26)14-10-22-15(11-21-14)20(27)28/h4-5,9-11,16H,1-3,6-8H2,(H,23,25)(H,27,28). The maximum absolute atomic E-state index is 12.9. The number of fused-ring (bicyclic) bond motifs is 1. The fourth-order valence-corrected chi connectivity index (χ4v) is 3.63. The third kappa shape index (κ3) is 3.89. The molecule has 1 fully saturated rings. The lowest BCUT2D eigenvalue weighted by Crippen LogP contribution is -2.50. The molecule has 0 bridgehead atoms. The third-order valence-electron chi connectivity index (χ3n) is 5.11. The van der Waals surface area contributed by atoms with Crippen molar-refractivity contribution in [1.29, 1.82) is 0 Å². The van der Waals surface area contributed by atoms with Crippen LogP contribution in [0, 0.1) is 0 Å². The fraction of sp³-hybridized carbons (Fsp3) is 0.350. The fourth-order valence-electron chi connectivity index (χ4n) is 3.63. The van der Waals surface area contributed by atoms with Gasteiger partial charge in [-0.3, -0.25) is 9.59 Å². The van der Waals surface area contributed by atoms with E-state index in [-0.39, 0.29) is 17.3 Å². The van der Waals surface area contributed by atoms with E-state index in [4.69, 9.17) is 9.84 Å². The molecule has 1 atom stereocenters. The van der Waals surface area contributed by atoms with E-state index < -0.39 is 17.9 Å². The molecule has 150 valence electrons. The van der Waals surface area contributed by atoms with E-state index in [0.29, 0.717) is 25.3 Å². The van der Waals surface area contributed by atoms with E-state index in [2.05, 4.69) is 15.3 Å². The number of rotatable bonds is 4. The number of carbonyl (C=O) groups is 3. The number of piperidine rings is 1. The maximum Gasteiger partial charge on any atom is 0.356 e. The molecular formula is C20H20N4O5. The molecule has 2 aromatic rings. The Morgan fingerprint density at radius 1 is 1.14 bits per heavy atom. The van der Waals surface area contributed by atoms with E-state index in [1.807, 2.05) is 12.1 Å². The molecule has 1 aromatic carbocycles. The summed E-state index contributed by atoms with van der Waals surface area (Å²) in [5.41, 5.74) is 1.50. The van der Waals surface area contributed by atoms with Crippen LogP contribution in [0.4, 0.5) is 5.69 Å². The van der Waals surface area contributed by atoms with Gasteiger partial charge in [0, 0.05) is 18.7 Å². The third-order valence-corrected chi connectivity index (χ3v) is 5.11. The largest absolute Gasteiger partial charge is 0.493 e. The number of nitrogens with one attached hydrogen (secondary N) is 1. The van der Waals surface area contributed by atoms with Gasteiger partial charge in [0.15, 0.2) is 5.69 Å². The van der Waals surface area contributed by atoms with E-state index in [9.17, 15) is 14.4 Å². The quantitative estimate of drug-likeness (QED) is 0.807. The van der Waals surface area contributed by atoms with Gasteiger partial charge in [-0.15, -0.1) is 0 Å². The summed E-state index contributed by atoms with van der Waals surface area (Å²) < 4.78 is 5.48. The van der Waals surface area contributed by atoms with Crippen LogP contribution in [0.15, 0.2) is 30.6 Å². The Kier molecular flexibility index (Phi) is 5.11. The molecule has 29 heavy (non-hydrogen) atoms. The van der Waals surface area contributed by atoms with Crippen LogP contribution in [0.25, 0.3) is 0 Å². The predicted octanol–water partition coefficient (Wildman–Crippen LogP) is 1.74. The van der Waals surface area contributed by atoms with Gasteiger partial charge in [-0.1, -0.05) is 0 Å². The number of likely N-dealkylation sites (tertiary alicyclic amines) is 1. The van der Waals surface area contributed by atoms with Gasteiger partial charge < -0.3 is 20.1 Å². The summed E-state index contributed by atoms with van der Waals surface area (Å²) >= 11 is 0. The first-order valence-corrected chi connectivity index (χ1v) is 9.46. The molecule has 9 nitrogen and oxygen atoms in total. The monoisotopic (exact) mass is 396 g/mol. The Morgan fingerprint density at radius 2 is 1.93 bits per heavy atom. The first-order chi connectivity index (χ1) is 14.0. The Morgan fingerprint density at radius 3 is 2.69 bits per heavy atom. The van der Waals surface area contributed by atoms with Crippen molar-refractivity contribution in [2.75, 3.05) is 18.5 Å². The zero-order chi connectivity index (χ0) is 20.4. The highest BCUT2D eigenvalue weighted by Crippen LogP contribution is 2.28. The van der Waals surface area contributed by atoms with Gasteiger partial charge >= 0.3 is 5.97 Å². The molecule has 1 unspecified atom stereocenters. The second-order valence-electron chi connectivity index (χ2n) is 7.01. The summed E-state index contributed by atoms with van der Waals surface area (Å²) in [7, 11) is 0. The van der Waals surface area contributed by atoms with Gasteiger partial charge in [0.1, 0.15) is 17.5 Å². The minimum Gasteiger partial charge on any atom is -0.493 e. The minimum atomic E-state index is -1.22. The Hall–Kier alpha value is -3.49. The van der Waals surface area contributed by atoms with Crippen LogP contribution in [0.3, 0.4) is 0 Å². The molecular weight excluding hydrogens is 376 g/mol. The normalized spacial score (nSPS) is 17.9. The van der Waals surface area contributed by atoms with E-state index in [0.717, 1.165) is 43.0 Å². The van der Waals surface area contributed by atoms with Crippen molar-refractivity contribution < 1.29 is 24.2 Å². The van der Waals surface area contributed by atoms with Crippen LogP contribution >= 0.6 is 0 Å². The first-order valence-electron chi connectivity index (χ1n) is 9.46. The Bertz CT molecular complexity index is 960. The summed E-state index contributed by atoms with van der Waals surface area (Å²) in [6.07, 6.45) is 5.15. The van der Waals surface area contributed by atoms with Gasteiger partial charge in [0.05, 0.1) is 19.0 Å². The van der Waals surface area contributed by atoms with Crippen molar-refractivity contribution in [3.8, 4) is 5.75 Å². The van der Waals surface area contributed by atoms with Crippen molar-refractivity contribution in [1.82, 2.24) is 14.9 Å². The summed E-state index contributed by atoms with van der Waals surface area (Å²) in [6, 6.07) is 4.89.